The number of fused-ring (bicyclic) bond motifs is 1. The van der Waals surface area contributed by atoms with Gasteiger partial charge in [0.25, 0.3) is 0 Å². The van der Waals surface area contributed by atoms with Crippen molar-refractivity contribution in [2.24, 2.45) is 0 Å². The van der Waals surface area contributed by atoms with Crippen LogP contribution in [0.1, 0.15) is 28.3 Å². The Bertz CT molecular complexity index is 1050. The van der Waals surface area contributed by atoms with E-state index in [4.69, 9.17) is 32.7 Å². The van der Waals surface area contributed by atoms with E-state index in [0.29, 0.717) is 34.5 Å². The summed E-state index contributed by atoms with van der Waals surface area (Å²) in [4.78, 5) is 16.9. The molecular weight excluding hydrogens is 399 g/mol. The van der Waals surface area contributed by atoms with E-state index < -0.39 is 5.97 Å². The highest BCUT2D eigenvalue weighted by Crippen LogP contribution is 2.38. The number of halogens is 2. The minimum atomic E-state index is -0.466. The van der Waals surface area contributed by atoms with Crippen molar-refractivity contribution in [1.29, 1.82) is 0 Å². The van der Waals surface area contributed by atoms with Gasteiger partial charge in [0.05, 0.1) is 36.2 Å². The number of benzene rings is 2. The summed E-state index contributed by atoms with van der Waals surface area (Å²) in [5.74, 6) is -0.251. The molecule has 0 saturated carbocycles. The monoisotopic (exact) mass is 416 g/mol. The van der Waals surface area contributed by atoms with Gasteiger partial charge >= 0.3 is 5.97 Å². The fourth-order valence-corrected chi connectivity index (χ4v) is 3.79. The molecule has 0 radical (unpaired) electrons. The Labute approximate surface area is 172 Å². The molecule has 1 saturated heterocycles. The SMILES string of the molecule is COC(=O)c1cc(Cl)ccc1Nc1c(C2CCOC2)cnc2ccc(Cl)cc12. The number of anilines is 2. The van der Waals surface area contributed by atoms with E-state index >= 15 is 0 Å². The summed E-state index contributed by atoms with van der Waals surface area (Å²) in [6.45, 7) is 1.35. The Morgan fingerprint density at radius 3 is 2.75 bits per heavy atom. The number of rotatable bonds is 4. The van der Waals surface area contributed by atoms with Crippen LogP contribution >= 0.6 is 23.2 Å². The lowest BCUT2D eigenvalue weighted by Gasteiger charge is -2.19. The summed E-state index contributed by atoms with van der Waals surface area (Å²) in [6.07, 6.45) is 2.78. The molecule has 1 aliphatic rings. The van der Waals surface area contributed by atoms with E-state index in [1.807, 2.05) is 18.3 Å². The van der Waals surface area contributed by atoms with Crippen LogP contribution in [0.25, 0.3) is 10.9 Å². The van der Waals surface area contributed by atoms with Gasteiger partial charge in [-0.1, -0.05) is 23.2 Å². The van der Waals surface area contributed by atoms with Crippen LogP contribution in [0.2, 0.25) is 10.0 Å². The second-order valence-corrected chi connectivity index (χ2v) is 7.49. The molecule has 0 amide bonds. The first-order valence-corrected chi connectivity index (χ1v) is 9.63. The van der Waals surface area contributed by atoms with E-state index in [9.17, 15) is 4.79 Å². The highest BCUT2D eigenvalue weighted by molar-refractivity contribution is 6.31. The second kappa shape index (κ2) is 7.95. The maximum atomic E-state index is 12.3. The first-order valence-electron chi connectivity index (χ1n) is 8.87. The van der Waals surface area contributed by atoms with Crippen molar-refractivity contribution < 1.29 is 14.3 Å². The number of pyridine rings is 1. The molecule has 4 rings (SSSR count). The van der Waals surface area contributed by atoms with Crippen LogP contribution in [0, 0.1) is 0 Å². The normalized spacial score (nSPS) is 16.3. The van der Waals surface area contributed by atoms with Crippen LogP contribution in [-0.4, -0.2) is 31.3 Å². The number of nitrogens with zero attached hydrogens (tertiary/aromatic N) is 1. The lowest BCUT2D eigenvalue weighted by atomic mass is 9.96. The standard InChI is InChI=1S/C21H18Cl2N2O3/c1-27-21(26)16-9-14(23)3-5-19(16)25-20-15-8-13(22)2-4-18(15)24-10-17(20)12-6-7-28-11-12/h2-5,8-10,12H,6-7,11H2,1H3,(H,24,25). The Morgan fingerprint density at radius 2 is 2.00 bits per heavy atom. The van der Waals surface area contributed by atoms with Gasteiger partial charge in [-0.05, 0) is 42.8 Å². The molecule has 28 heavy (non-hydrogen) atoms. The predicted molar refractivity (Wildman–Crippen MR) is 111 cm³/mol. The number of carbonyl (C=O) groups is 1. The van der Waals surface area contributed by atoms with Gasteiger partial charge in [-0.25, -0.2) is 4.79 Å². The summed E-state index contributed by atoms with van der Waals surface area (Å²) in [5.41, 5.74) is 3.65. The number of nitrogens with one attached hydrogen (secondary N) is 1. The zero-order chi connectivity index (χ0) is 19.7. The highest BCUT2D eigenvalue weighted by Gasteiger charge is 2.24. The summed E-state index contributed by atoms with van der Waals surface area (Å²) < 4.78 is 10.5. The van der Waals surface area contributed by atoms with E-state index in [-0.39, 0.29) is 5.92 Å². The lowest BCUT2D eigenvalue weighted by molar-refractivity contribution is 0.0602. The van der Waals surface area contributed by atoms with Crippen LogP contribution in [0.3, 0.4) is 0 Å². The van der Waals surface area contributed by atoms with Crippen LogP contribution in [-0.2, 0) is 9.47 Å². The molecular formula is C21H18Cl2N2O3. The molecule has 1 atom stereocenters. The summed E-state index contributed by atoms with van der Waals surface area (Å²) in [7, 11) is 1.34. The molecule has 7 heteroatoms. The van der Waals surface area contributed by atoms with Gasteiger partial charge in [-0.3, -0.25) is 4.98 Å². The van der Waals surface area contributed by atoms with Crippen molar-refractivity contribution in [1.82, 2.24) is 4.98 Å². The molecule has 0 aliphatic carbocycles. The van der Waals surface area contributed by atoms with E-state index in [0.717, 1.165) is 28.6 Å². The molecule has 5 nitrogen and oxygen atoms in total. The zero-order valence-corrected chi connectivity index (χ0v) is 16.7. The molecule has 0 spiro atoms. The number of esters is 1. The Hall–Kier alpha value is -2.34. The minimum absolute atomic E-state index is 0.215. The van der Waals surface area contributed by atoms with Crippen molar-refractivity contribution in [3.8, 4) is 0 Å². The van der Waals surface area contributed by atoms with Gasteiger partial charge in [0, 0.05) is 39.7 Å². The predicted octanol–water partition coefficient (Wildman–Crippen LogP) is 5.58. The van der Waals surface area contributed by atoms with Gasteiger partial charge in [0.15, 0.2) is 0 Å². The number of methoxy groups -OCH3 is 1. The average Bonchev–Trinajstić information content (AvgIpc) is 3.23. The van der Waals surface area contributed by atoms with Crippen LogP contribution in [0.5, 0.6) is 0 Å². The fourth-order valence-electron chi connectivity index (χ4n) is 3.45. The van der Waals surface area contributed by atoms with Crippen molar-refractivity contribution in [2.75, 3.05) is 25.6 Å². The lowest BCUT2D eigenvalue weighted by Crippen LogP contribution is -2.09. The van der Waals surface area contributed by atoms with Crippen molar-refractivity contribution in [2.45, 2.75) is 12.3 Å². The van der Waals surface area contributed by atoms with E-state index in [2.05, 4.69) is 10.3 Å². The molecule has 1 N–H and O–H groups in total. The molecule has 1 unspecified atom stereocenters. The minimum Gasteiger partial charge on any atom is -0.465 e. The molecule has 3 aromatic rings. The molecule has 1 aliphatic heterocycles. The van der Waals surface area contributed by atoms with Crippen LogP contribution in [0.15, 0.2) is 42.6 Å². The number of hydrogen-bond acceptors (Lipinski definition) is 5. The van der Waals surface area contributed by atoms with Gasteiger partial charge in [-0.2, -0.15) is 0 Å². The van der Waals surface area contributed by atoms with Gasteiger partial charge in [0.2, 0.25) is 0 Å². The largest absolute Gasteiger partial charge is 0.465 e. The van der Waals surface area contributed by atoms with Gasteiger partial charge < -0.3 is 14.8 Å². The Kier molecular flexibility index (Phi) is 5.40. The highest BCUT2D eigenvalue weighted by atomic mass is 35.5. The van der Waals surface area contributed by atoms with Crippen LogP contribution in [0.4, 0.5) is 11.4 Å². The third-order valence-corrected chi connectivity index (χ3v) is 5.35. The first kappa shape index (κ1) is 19.0. The number of carbonyl (C=O) groups excluding carboxylic acids is 1. The smallest absolute Gasteiger partial charge is 0.340 e. The second-order valence-electron chi connectivity index (χ2n) is 6.62. The molecule has 1 fully saturated rings. The van der Waals surface area contributed by atoms with Gasteiger partial charge in [0.1, 0.15) is 0 Å². The molecule has 2 heterocycles. The Morgan fingerprint density at radius 1 is 1.21 bits per heavy atom. The third kappa shape index (κ3) is 3.65. The molecule has 1 aromatic heterocycles. The number of ether oxygens (including phenoxy) is 2. The zero-order valence-electron chi connectivity index (χ0n) is 15.2. The molecule has 144 valence electrons. The number of aromatic nitrogens is 1. The summed E-state index contributed by atoms with van der Waals surface area (Å²) >= 11 is 12.4. The number of hydrogen-bond donors (Lipinski definition) is 1. The van der Waals surface area contributed by atoms with Crippen LogP contribution < -0.4 is 5.32 Å². The van der Waals surface area contributed by atoms with E-state index in [1.165, 1.54) is 7.11 Å². The maximum absolute atomic E-state index is 12.3. The van der Waals surface area contributed by atoms with Crippen molar-refractivity contribution in [3.05, 3.63) is 63.8 Å². The maximum Gasteiger partial charge on any atom is 0.340 e. The van der Waals surface area contributed by atoms with Crippen molar-refractivity contribution >= 4 is 51.4 Å². The average molecular weight is 417 g/mol. The molecule has 2 aromatic carbocycles. The summed E-state index contributed by atoms with van der Waals surface area (Å²) in [6, 6.07) is 10.6. The van der Waals surface area contributed by atoms with Crippen molar-refractivity contribution in [3.63, 3.8) is 0 Å². The fraction of sp³-hybridized carbons (Fsp3) is 0.238. The van der Waals surface area contributed by atoms with Gasteiger partial charge in [-0.15, -0.1) is 0 Å². The third-order valence-electron chi connectivity index (χ3n) is 4.88. The quantitative estimate of drug-likeness (QED) is 0.562. The van der Waals surface area contributed by atoms with E-state index in [1.54, 1.807) is 24.3 Å². The molecule has 0 bridgehead atoms. The topological polar surface area (TPSA) is 60.5 Å². The Balaban J connectivity index is 1.89. The summed E-state index contributed by atoms with van der Waals surface area (Å²) in [5, 5.41) is 5.36. The first-order chi connectivity index (χ1) is 13.6.